The maximum absolute atomic E-state index is 11.9. The molecule has 0 unspecified atom stereocenters. The molecule has 108 valence electrons. The topological polar surface area (TPSA) is 51.5 Å². The Balaban J connectivity index is 2.05. The summed E-state index contributed by atoms with van der Waals surface area (Å²) in [7, 11) is 1.66. The number of hydrogen-bond donors (Lipinski definition) is 1. The van der Waals surface area contributed by atoms with Crippen molar-refractivity contribution >= 4 is 16.9 Å². The Labute approximate surface area is 119 Å². The zero-order valence-corrected chi connectivity index (χ0v) is 12.3. The van der Waals surface area contributed by atoms with Gasteiger partial charge in [0, 0.05) is 31.2 Å². The first-order chi connectivity index (χ1) is 9.61. The number of hydrogen-bond acceptors (Lipinski definition) is 3. The van der Waals surface area contributed by atoms with Gasteiger partial charge < -0.3 is 14.5 Å². The molecule has 0 spiro atoms. The first kappa shape index (κ1) is 14.6. The molecule has 0 aliphatic carbocycles. The van der Waals surface area contributed by atoms with Crippen molar-refractivity contribution in [1.29, 1.82) is 0 Å². The van der Waals surface area contributed by atoms with Crippen LogP contribution in [-0.4, -0.2) is 26.2 Å². The van der Waals surface area contributed by atoms with Crippen molar-refractivity contribution in [3.05, 3.63) is 35.1 Å². The van der Waals surface area contributed by atoms with Crippen molar-refractivity contribution < 1.29 is 13.9 Å². The highest BCUT2D eigenvalue weighted by molar-refractivity contribution is 5.90. The predicted octanol–water partition coefficient (Wildman–Crippen LogP) is 2.74. The smallest absolute Gasteiger partial charge is 0.224 e. The molecule has 0 saturated heterocycles. The van der Waals surface area contributed by atoms with E-state index >= 15 is 0 Å². The molecule has 0 bridgehead atoms. The minimum absolute atomic E-state index is 0.0174. The van der Waals surface area contributed by atoms with Gasteiger partial charge in [0.05, 0.1) is 12.7 Å². The lowest BCUT2D eigenvalue weighted by molar-refractivity contribution is -0.120. The van der Waals surface area contributed by atoms with Gasteiger partial charge in [-0.2, -0.15) is 0 Å². The lowest BCUT2D eigenvalue weighted by atomic mass is 10.0. The molecule has 1 N–H and O–H groups in total. The summed E-state index contributed by atoms with van der Waals surface area (Å²) >= 11 is 0. The number of benzene rings is 1. The molecule has 4 heteroatoms. The SMILES string of the molecule is COCCCNC(=O)Cc1coc2cc(C)cc(C)c12. The summed E-state index contributed by atoms with van der Waals surface area (Å²) in [5, 5.41) is 3.95. The molecule has 1 aromatic heterocycles. The van der Waals surface area contributed by atoms with E-state index in [0.717, 1.165) is 28.5 Å². The number of methoxy groups -OCH3 is 1. The quantitative estimate of drug-likeness (QED) is 0.825. The first-order valence-electron chi connectivity index (χ1n) is 6.84. The van der Waals surface area contributed by atoms with Crippen LogP contribution in [0, 0.1) is 13.8 Å². The monoisotopic (exact) mass is 275 g/mol. The Morgan fingerprint density at radius 3 is 2.90 bits per heavy atom. The second kappa shape index (κ2) is 6.57. The van der Waals surface area contributed by atoms with E-state index in [1.165, 1.54) is 5.56 Å². The maximum Gasteiger partial charge on any atom is 0.224 e. The van der Waals surface area contributed by atoms with E-state index in [0.29, 0.717) is 19.6 Å². The number of carbonyl (C=O) groups is 1. The van der Waals surface area contributed by atoms with Crippen LogP contribution in [-0.2, 0) is 16.0 Å². The molecule has 2 aromatic rings. The van der Waals surface area contributed by atoms with E-state index in [4.69, 9.17) is 9.15 Å². The number of nitrogens with one attached hydrogen (secondary N) is 1. The molecular formula is C16H21NO3. The number of carbonyl (C=O) groups excluding carboxylic acids is 1. The molecule has 0 radical (unpaired) electrons. The van der Waals surface area contributed by atoms with E-state index in [1.54, 1.807) is 13.4 Å². The summed E-state index contributed by atoms with van der Waals surface area (Å²) in [4.78, 5) is 11.9. The van der Waals surface area contributed by atoms with Crippen molar-refractivity contribution in [3.63, 3.8) is 0 Å². The molecule has 0 saturated carbocycles. The number of ether oxygens (including phenoxy) is 1. The van der Waals surface area contributed by atoms with E-state index in [1.807, 2.05) is 19.9 Å². The molecule has 0 aliphatic rings. The maximum atomic E-state index is 11.9. The standard InChI is InChI=1S/C16H21NO3/c1-11-7-12(2)16-13(10-20-14(16)8-11)9-15(18)17-5-4-6-19-3/h7-8,10H,4-6,9H2,1-3H3,(H,17,18). The second-order valence-electron chi connectivity index (χ2n) is 5.09. The molecule has 0 fully saturated rings. The first-order valence-corrected chi connectivity index (χ1v) is 6.84. The number of rotatable bonds is 6. The molecule has 1 heterocycles. The minimum Gasteiger partial charge on any atom is -0.464 e. The van der Waals surface area contributed by atoms with Crippen LogP contribution in [0.3, 0.4) is 0 Å². The second-order valence-corrected chi connectivity index (χ2v) is 5.09. The fraction of sp³-hybridized carbons (Fsp3) is 0.438. The van der Waals surface area contributed by atoms with Gasteiger partial charge in [0.25, 0.3) is 0 Å². The van der Waals surface area contributed by atoms with Crippen molar-refractivity contribution in [1.82, 2.24) is 5.32 Å². The lowest BCUT2D eigenvalue weighted by Gasteiger charge is -2.05. The summed E-state index contributed by atoms with van der Waals surface area (Å²) < 4.78 is 10.5. The molecular weight excluding hydrogens is 254 g/mol. The molecule has 4 nitrogen and oxygen atoms in total. The normalized spacial score (nSPS) is 10.9. The molecule has 0 atom stereocenters. The van der Waals surface area contributed by atoms with Crippen LogP contribution in [0.1, 0.15) is 23.1 Å². The highest BCUT2D eigenvalue weighted by atomic mass is 16.5. The third-order valence-electron chi connectivity index (χ3n) is 3.29. The van der Waals surface area contributed by atoms with Crippen LogP contribution < -0.4 is 5.32 Å². The van der Waals surface area contributed by atoms with Gasteiger partial charge in [-0.1, -0.05) is 6.07 Å². The Bertz CT molecular complexity index is 601. The molecule has 0 aliphatic heterocycles. The van der Waals surface area contributed by atoms with Crippen LogP contribution in [0.2, 0.25) is 0 Å². The highest BCUT2D eigenvalue weighted by Crippen LogP contribution is 2.26. The zero-order chi connectivity index (χ0) is 14.5. The third-order valence-corrected chi connectivity index (χ3v) is 3.29. The average molecular weight is 275 g/mol. The summed E-state index contributed by atoms with van der Waals surface area (Å²) in [6.07, 6.45) is 2.86. The van der Waals surface area contributed by atoms with Gasteiger partial charge >= 0.3 is 0 Å². The van der Waals surface area contributed by atoms with Gasteiger partial charge in [0.2, 0.25) is 5.91 Å². The van der Waals surface area contributed by atoms with Gasteiger partial charge in [-0.3, -0.25) is 4.79 Å². The third kappa shape index (κ3) is 3.39. The van der Waals surface area contributed by atoms with Crippen molar-refractivity contribution in [3.8, 4) is 0 Å². The van der Waals surface area contributed by atoms with E-state index < -0.39 is 0 Å². The van der Waals surface area contributed by atoms with E-state index in [2.05, 4.69) is 11.4 Å². The Morgan fingerprint density at radius 1 is 1.35 bits per heavy atom. The highest BCUT2D eigenvalue weighted by Gasteiger charge is 2.12. The summed E-state index contributed by atoms with van der Waals surface area (Å²) in [5.74, 6) is 0.0174. The number of furan rings is 1. The number of amides is 1. The summed E-state index contributed by atoms with van der Waals surface area (Å²) in [6, 6.07) is 4.11. The number of fused-ring (bicyclic) bond motifs is 1. The van der Waals surface area contributed by atoms with Crippen molar-refractivity contribution in [2.24, 2.45) is 0 Å². The zero-order valence-electron chi connectivity index (χ0n) is 12.3. The van der Waals surface area contributed by atoms with Gasteiger partial charge in [-0.15, -0.1) is 0 Å². The average Bonchev–Trinajstić information content (AvgIpc) is 2.77. The van der Waals surface area contributed by atoms with Crippen LogP contribution in [0.5, 0.6) is 0 Å². The fourth-order valence-electron chi connectivity index (χ4n) is 2.44. The van der Waals surface area contributed by atoms with Crippen molar-refractivity contribution in [2.75, 3.05) is 20.3 Å². The Hall–Kier alpha value is -1.81. The van der Waals surface area contributed by atoms with E-state index in [-0.39, 0.29) is 5.91 Å². The Kier molecular flexibility index (Phi) is 4.79. The van der Waals surface area contributed by atoms with Crippen molar-refractivity contribution in [2.45, 2.75) is 26.7 Å². The minimum atomic E-state index is 0.0174. The van der Waals surface area contributed by atoms with Gasteiger partial charge in [0.15, 0.2) is 0 Å². The Morgan fingerprint density at radius 2 is 2.15 bits per heavy atom. The fourth-order valence-corrected chi connectivity index (χ4v) is 2.44. The summed E-state index contributed by atoms with van der Waals surface area (Å²) in [5.41, 5.74) is 4.11. The molecule has 20 heavy (non-hydrogen) atoms. The molecule has 1 amide bonds. The van der Waals surface area contributed by atoms with E-state index in [9.17, 15) is 4.79 Å². The van der Waals surface area contributed by atoms with Crippen LogP contribution in [0.25, 0.3) is 11.0 Å². The molecule has 2 rings (SSSR count). The largest absolute Gasteiger partial charge is 0.464 e. The van der Waals surface area contributed by atoms with Gasteiger partial charge in [-0.05, 0) is 37.5 Å². The predicted molar refractivity (Wildman–Crippen MR) is 78.9 cm³/mol. The van der Waals surface area contributed by atoms with Gasteiger partial charge in [-0.25, -0.2) is 0 Å². The lowest BCUT2D eigenvalue weighted by Crippen LogP contribution is -2.26. The van der Waals surface area contributed by atoms with Gasteiger partial charge in [0.1, 0.15) is 5.58 Å². The van der Waals surface area contributed by atoms with Crippen LogP contribution in [0.4, 0.5) is 0 Å². The molecule has 1 aromatic carbocycles. The van der Waals surface area contributed by atoms with Crippen LogP contribution >= 0.6 is 0 Å². The summed E-state index contributed by atoms with van der Waals surface area (Å²) in [6.45, 7) is 5.38. The number of aryl methyl sites for hydroxylation is 2. The van der Waals surface area contributed by atoms with Crippen LogP contribution in [0.15, 0.2) is 22.8 Å².